The second-order valence-electron chi connectivity index (χ2n) is 11.3. The SMILES string of the molecule is CCCCCCCCCCCCCCCC(=O)OC[C@H](O)COCCCCCCCCCCCCCC. The summed E-state index contributed by atoms with van der Waals surface area (Å²) in [5.74, 6) is -0.192. The molecule has 0 bridgehead atoms. The standard InChI is InChI=1S/C33H66O4/c1-3-5-7-9-11-13-15-17-18-20-22-24-26-28-33(35)37-31-32(34)30-36-29-27-25-23-21-19-16-14-12-10-8-6-4-2/h32,34H,3-31H2,1-2H3/t32-/m1/s1. The lowest BCUT2D eigenvalue weighted by Crippen LogP contribution is -2.24. The zero-order chi connectivity index (χ0) is 27.1. The molecule has 0 aromatic rings. The lowest BCUT2D eigenvalue weighted by atomic mass is 10.0. The number of unbranched alkanes of at least 4 members (excludes halogenated alkanes) is 23. The fourth-order valence-corrected chi connectivity index (χ4v) is 4.86. The summed E-state index contributed by atoms with van der Waals surface area (Å²) in [6.45, 7) is 5.53. The monoisotopic (exact) mass is 526 g/mol. The van der Waals surface area contributed by atoms with E-state index in [0.29, 0.717) is 13.0 Å². The van der Waals surface area contributed by atoms with Gasteiger partial charge in [0.05, 0.1) is 6.61 Å². The molecule has 0 unspecified atom stereocenters. The molecule has 222 valence electrons. The average Bonchev–Trinajstić information content (AvgIpc) is 2.90. The van der Waals surface area contributed by atoms with E-state index >= 15 is 0 Å². The van der Waals surface area contributed by atoms with Crippen LogP contribution in [-0.4, -0.2) is 37.0 Å². The van der Waals surface area contributed by atoms with Crippen LogP contribution in [0.3, 0.4) is 0 Å². The summed E-state index contributed by atoms with van der Waals surface area (Å²) in [6.07, 6.45) is 32.5. The summed E-state index contributed by atoms with van der Waals surface area (Å²) < 4.78 is 10.8. The van der Waals surface area contributed by atoms with Crippen LogP contribution in [0.1, 0.15) is 181 Å². The van der Waals surface area contributed by atoms with Crippen molar-refractivity contribution < 1.29 is 19.4 Å². The van der Waals surface area contributed by atoms with E-state index in [1.807, 2.05) is 0 Å². The number of ether oxygens (including phenoxy) is 2. The van der Waals surface area contributed by atoms with Gasteiger partial charge in [0.15, 0.2) is 0 Å². The van der Waals surface area contributed by atoms with Crippen molar-refractivity contribution in [3.05, 3.63) is 0 Å². The molecule has 0 aromatic carbocycles. The number of carbonyl (C=O) groups is 1. The molecule has 0 aliphatic carbocycles. The molecule has 0 aliphatic heterocycles. The van der Waals surface area contributed by atoms with Gasteiger partial charge in [0, 0.05) is 13.0 Å². The Morgan fingerprint density at radius 3 is 1.27 bits per heavy atom. The maximum absolute atomic E-state index is 11.9. The molecule has 4 heteroatoms. The van der Waals surface area contributed by atoms with Crippen molar-refractivity contribution >= 4 is 5.97 Å². The fraction of sp³-hybridized carbons (Fsp3) is 0.970. The van der Waals surface area contributed by atoms with E-state index < -0.39 is 6.10 Å². The normalized spacial score (nSPS) is 12.2. The predicted molar refractivity (Wildman–Crippen MR) is 159 cm³/mol. The van der Waals surface area contributed by atoms with Crippen LogP contribution >= 0.6 is 0 Å². The highest BCUT2D eigenvalue weighted by molar-refractivity contribution is 5.69. The Bertz CT molecular complexity index is 440. The molecule has 4 nitrogen and oxygen atoms in total. The molecule has 1 atom stereocenters. The second kappa shape index (κ2) is 31.6. The molecule has 0 saturated heterocycles. The summed E-state index contributed by atoms with van der Waals surface area (Å²) in [4.78, 5) is 11.9. The number of aliphatic hydroxyl groups excluding tert-OH is 1. The topological polar surface area (TPSA) is 55.8 Å². The highest BCUT2D eigenvalue weighted by Crippen LogP contribution is 2.14. The van der Waals surface area contributed by atoms with Crippen molar-refractivity contribution in [2.75, 3.05) is 19.8 Å². The van der Waals surface area contributed by atoms with E-state index in [1.54, 1.807) is 0 Å². The zero-order valence-corrected chi connectivity index (χ0v) is 25.3. The van der Waals surface area contributed by atoms with Gasteiger partial charge in [-0.15, -0.1) is 0 Å². The largest absolute Gasteiger partial charge is 0.463 e. The molecule has 0 spiro atoms. The first kappa shape index (κ1) is 36.4. The quantitative estimate of drug-likeness (QED) is 0.0721. The predicted octanol–water partition coefficient (Wildman–Crippen LogP) is 10.1. The molecule has 0 rings (SSSR count). The van der Waals surface area contributed by atoms with Gasteiger partial charge in [-0.05, 0) is 12.8 Å². The van der Waals surface area contributed by atoms with E-state index in [-0.39, 0.29) is 19.2 Å². The first-order chi connectivity index (χ1) is 18.2. The third-order valence-electron chi connectivity index (χ3n) is 7.37. The van der Waals surface area contributed by atoms with Gasteiger partial charge in [0.2, 0.25) is 0 Å². The van der Waals surface area contributed by atoms with Crippen LogP contribution in [-0.2, 0) is 14.3 Å². The van der Waals surface area contributed by atoms with Crippen LogP contribution in [0.5, 0.6) is 0 Å². The van der Waals surface area contributed by atoms with Crippen molar-refractivity contribution in [3.8, 4) is 0 Å². The molecule has 0 amide bonds. The van der Waals surface area contributed by atoms with Crippen LogP contribution in [0.4, 0.5) is 0 Å². The van der Waals surface area contributed by atoms with Crippen LogP contribution in [0, 0.1) is 0 Å². The van der Waals surface area contributed by atoms with Gasteiger partial charge >= 0.3 is 5.97 Å². The number of rotatable bonds is 31. The van der Waals surface area contributed by atoms with E-state index in [9.17, 15) is 9.90 Å². The van der Waals surface area contributed by atoms with Crippen molar-refractivity contribution in [1.82, 2.24) is 0 Å². The van der Waals surface area contributed by atoms with Crippen molar-refractivity contribution in [2.45, 2.75) is 187 Å². The Morgan fingerprint density at radius 2 is 0.865 bits per heavy atom. The number of carbonyl (C=O) groups excluding carboxylic acids is 1. The van der Waals surface area contributed by atoms with Crippen molar-refractivity contribution in [2.24, 2.45) is 0 Å². The van der Waals surface area contributed by atoms with Crippen LogP contribution in [0.15, 0.2) is 0 Å². The van der Waals surface area contributed by atoms with Gasteiger partial charge in [-0.1, -0.05) is 162 Å². The fourth-order valence-electron chi connectivity index (χ4n) is 4.86. The van der Waals surface area contributed by atoms with Gasteiger partial charge < -0.3 is 14.6 Å². The molecule has 0 aliphatic rings. The molecule has 0 saturated carbocycles. The molecular formula is C33H66O4. The van der Waals surface area contributed by atoms with Crippen LogP contribution < -0.4 is 0 Å². The minimum absolute atomic E-state index is 0.0513. The Kier molecular flexibility index (Phi) is 31.1. The second-order valence-corrected chi connectivity index (χ2v) is 11.3. The maximum atomic E-state index is 11.9. The summed E-state index contributed by atoms with van der Waals surface area (Å²) in [7, 11) is 0. The Hall–Kier alpha value is -0.610. The van der Waals surface area contributed by atoms with Crippen LogP contribution in [0.2, 0.25) is 0 Å². The van der Waals surface area contributed by atoms with Crippen molar-refractivity contribution in [3.63, 3.8) is 0 Å². The Labute approximate surface area is 232 Å². The van der Waals surface area contributed by atoms with Gasteiger partial charge in [-0.2, -0.15) is 0 Å². The highest BCUT2D eigenvalue weighted by atomic mass is 16.5. The first-order valence-electron chi connectivity index (χ1n) is 16.6. The number of hydrogen-bond acceptors (Lipinski definition) is 4. The first-order valence-corrected chi connectivity index (χ1v) is 16.6. The number of aliphatic hydroxyl groups is 1. The highest BCUT2D eigenvalue weighted by Gasteiger charge is 2.09. The van der Waals surface area contributed by atoms with E-state index in [1.165, 1.54) is 141 Å². The molecule has 1 N–H and O–H groups in total. The maximum Gasteiger partial charge on any atom is 0.305 e. The van der Waals surface area contributed by atoms with Crippen LogP contribution in [0.25, 0.3) is 0 Å². The molecule has 0 heterocycles. The summed E-state index contributed by atoms with van der Waals surface area (Å²) in [6, 6.07) is 0. The van der Waals surface area contributed by atoms with Crippen molar-refractivity contribution in [1.29, 1.82) is 0 Å². The lowest BCUT2D eigenvalue weighted by molar-refractivity contribution is -0.147. The third-order valence-corrected chi connectivity index (χ3v) is 7.37. The third kappa shape index (κ3) is 31.5. The van der Waals surface area contributed by atoms with Gasteiger partial charge in [0.25, 0.3) is 0 Å². The summed E-state index contributed by atoms with van der Waals surface area (Å²) >= 11 is 0. The summed E-state index contributed by atoms with van der Waals surface area (Å²) in [5.41, 5.74) is 0. The van der Waals surface area contributed by atoms with E-state index in [4.69, 9.17) is 9.47 Å². The Balaban J connectivity index is 3.27. The lowest BCUT2D eigenvalue weighted by Gasteiger charge is -2.12. The molecule has 0 aromatic heterocycles. The van der Waals surface area contributed by atoms with Gasteiger partial charge in [-0.25, -0.2) is 0 Å². The van der Waals surface area contributed by atoms with Gasteiger partial charge in [-0.3, -0.25) is 4.79 Å². The zero-order valence-electron chi connectivity index (χ0n) is 25.3. The smallest absolute Gasteiger partial charge is 0.305 e. The molecular weight excluding hydrogens is 460 g/mol. The molecule has 0 fully saturated rings. The molecule has 37 heavy (non-hydrogen) atoms. The van der Waals surface area contributed by atoms with Gasteiger partial charge in [0.1, 0.15) is 12.7 Å². The number of esters is 1. The molecule has 0 radical (unpaired) electrons. The minimum Gasteiger partial charge on any atom is -0.463 e. The summed E-state index contributed by atoms with van der Waals surface area (Å²) in [5, 5.41) is 9.97. The minimum atomic E-state index is -0.715. The average molecular weight is 527 g/mol. The Morgan fingerprint density at radius 1 is 0.514 bits per heavy atom. The van der Waals surface area contributed by atoms with E-state index in [0.717, 1.165) is 19.3 Å². The number of hydrogen-bond donors (Lipinski definition) is 1. The van der Waals surface area contributed by atoms with E-state index in [2.05, 4.69) is 13.8 Å².